The van der Waals surface area contributed by atoms with Crippen molar-refractivity contribution in [3.63, 3.8) is 0 Å². The summed E-state index contributed by atoms with van der Waals surface area (Å²) < 4.78 is 0. The van der Waals surface area contributed by atoms with E-state index in [2.05, 4.69) is 33.0 Å². The molecule has 0 heterocycles. The van der Waals surface area contributed by atoms with Gasteiger partial charge in [-0.2, -0.15) is 0 Å². The van der Waals surface area contributed by atoms with Crippen molar-refractivity contribution < 1.29 is 0 Å². The predicted molar refractivity (Wildman–Crippen MR) is 74.9 cm³/mol. The summed E-state index contributed by atoms with van der Waals surface area (Å²) in [6, 6.07) is 0. The highest BCUT2D eigenvalue weighted by Gasteiger charge is 2.15. The average molecular weight is 227 g/mol. The molecule has 0 aliphatic heterocycles. The molecule has 0 rings (SSSR count). The third-order valence-electron chi connectivity index (χ3n) is 3.27. The lowest BCUT2D eigenvalue weighted by Gasteiger charge is -2.25. The average Bonchev–Trinajstić information content (AvgIpc) is 2.23. The van der Waals surface area contributed by atoms with Crippen LogP contribution in [0.2, 0.25) is 0 Å². The maximum absolute atomic E-state index is 3.61. The van der Waals surface area contributed by atoms with Gasteiger partial charge in [-0.05, 0) is 24.8 Å². The van der Waals surface area contributed by atoms with Crippen LogP contribution in [0.1, 0.15) is 79.1 Å². The Morgan fingerprint density at radius 3 is 2.06 bits per heavy atom. The zero-order chi connectivity index (χ0) is 12.3. The molecule has 1 N–H and O–H groups in total. The first-order valence-corrected chi connectivity index (χ1v) is 7.33. The fourth-order valence-electron chi connectivity index (χ4n) is 2.05. The van der Waals surface area contributed by atoms with E-state index in [4.69, 9.17) is 0 Å². The van der Waals surface area contributed by atoms with Gasteiger partial charge in [0.25, 0.3) is 0 Å². The highest BCUT2D eigenvalue weighted by molar-refractivity contribution is 4.71. The highest BCUT2D eigenvalue weighted by Crippen LogP contribution is 2.22. The minimum atomic E-state index is 0.486. The van der Waals surface area contributed by atoms with Crippen LogP contribution in [0.3, 0.4) is 0 Å². The summed E-state index contributed by atoms with van der Waals surface area (Å²) in [6.45, 7) is 11.7. The van der Waals surface area contributed by atoms with Crippen LogP contribution in [0, 0.1) is 5.41 Å². The van der Waals surface area contributed by atoms with Crippen LogP contribution < -0.4 is 5.32 Å². The lowest BCUT2D eigenvalue weighted by atomic mass is 9.87. The zero-order valence-electron chi connectivity index (χ0n) is 12.1. The Hall–Kier alpha value is -0.0400. The lowest BCUT2D eigenvalue weighted by Crippen LogP contribution is -2.30. The largest absolute Gasteiger partial charge is 0.316 e. The van der Waals surface area contributed by atoms with Gasteiger partial charge in [0.05, 0.1) is 0 Å². The Bertz CT molecular complexity index is 140. The summed E-state index contributed by atoms with van der Waals surface area (Å²) in [6.07, 6.45) is 10.9. The molecule has 0 aliphatic rings. The van der Waals surface area contributed by atoms with Gasteiger partial charge in [0.1, 0.15) is 0 Å². The minimum absolute atomic E-state index is 0.486. The van der Waals surface area contributed by atoms with Crippen molar-refractivity contribution in [1.82, 2.24) is 5.32 Å². The number of rotatable bonds is 11. The normalized spacial score (nSPS) is 12.0. The molecule has 1 nitrogen and oxygen atoms in total. The Morgan fingerprint density at radius 1 is 0.812 bits per heavy atom. The summed E-state index contributed by atoms with van der Waals surface area (Å²) in [4.78, 5) is 0. The molecule has 0 aliphatic carbocycles. The molecule has 0 aromatic carbocycles. The topological polar surface area (TPSA) is 12.0 Å². The lowest BCUT2D eigenvalue weighted by molar-refractivity contribution is 0.302. The Morgan fingerprint density at radius 2 is 1.44 bits per heavy atom. The predicted octanol–water partition coefficient (Wildman–Crippen LogP) is 4.76. The third kappa shape index (κ3) is 10.5. The van der Waals surface area contributed by atoms with Gasteiger partial charge in [-0.1, -0.05) is 66.2 Å². The van der Waals surface area contributed by atoms with Gasteiger partial charge in [0.15, 0.2) is 0 Å². The molecule has 0 atom stereocenters. The molecule has 0 saturated heterocycles. The summed E-state index contributed by atoms with van der Waals surface area (Å²) >= 11 is 0. The van der Waals surface area contributed by atoms with E-state index in [1.54, 1.807) is 0 Å². The van der Waals surface area contributed by atoms with E-state index in [0.29, 0.717) is 5.41 Å². The minimum Gasteiger partial charge on any atom is -0.316 e. The van der Waals surface area contributed by atoms with Gasteiger partial charge in [0.2, 0.25) is 0 Å². The highest BCUT2D eigenvalue weighted by atomic mass is 14.9. The van der Waals surface area contributed by atoms with E-state index in [9.17, 15) is 0 Å². The van der Waals surface area contributed by atoms with E-state index in [1.807, 2.05) is 0 Å². The molecule has 0 unspecified atom stereocenters. The Kier molecular flexibility index (Phi) is 10.1. The second kappa shape index (κ2) is 10.1. The van der Waals surface area contributed by atoms with Crippen LogP contribution in [0.25, 0.3) is 0 Å². The van der Waals surface area contributed by atoms with E-state index < -0.39 is 0 Å². The van der Waals surface area contributed by atoms with Crippen molar-refractivity contribution in [3.05, 3.63) is 0 Å². The van der Waals surface area contributed by atoms with E-state index in [-0.39, 0.29) is 0 Å². The second-order valence-electron chi connectivity index (χ2n) is 5.86. The molecule has 0 bridgehead atoms. The number of unbranched alkanes of at least 4 members (excludes halogenated alkanes) is 5. The number of nitrogens with one attached hydrogen (secondary N) is 1. The smallest absolute Gasteiger partial charge is 0.000252 e. The Labute approximate surface area is 103 Å². The molecular formula is C15H33N. The van der Waals surface area contributed by atoms with E-state index in [0.717, 1.165) is 0 Å². The number of hydrogen-bond acceptors (Lipinski definition) is 1. The molecular weight excluding hydrogens is 194 g/mol. The van der Waals surface area contributed by atoms with Crippen molar-refractivity contribution in [1.29, 1.82) is 0 Å². The first kappa shape index (κ1) is 16.0. The molecule has 0 aromatic heterocycles. The van der Waals surface area contributed by atoms with Crippen LogP contribution in [-0.2, 0) is 0 Å². The van der Waals surface area contributed by atoms with Crippen molar-refractivity contribution in [3.8, 4) is 0 Å². The van der Waals surface area contributed by atoms with Crippen LogP contribution in [-0.4, -0.2) is 13.1 Å². The van der Waals surface area contributed by atoms with Crippen LogP contribution in [0.5, 0.6) is 0 Å². The van der Waals surface area contributed by atoms with Crippen LogP contribution >= 0.6 is 0 Å². The van der Waals surface area contributed by atoms with Crippen molar-refractivity contribution in [2.24, 2.45) is 5.41 Å². The molecule has 0 aromatic rings. The van der Waals surface area contributed by atoms with Crippen molar-refractivity contribution >= 4 is 0 Å². The SMILES string of the molecule is CCCCCCNCC(C)(C)CCCCC. The Balaban J connectivity index is 3.35. The number of hydrogen-bond donors (Lipinski definition) is 1. The van der Waals surface area contributed by atoms with Gasteiger partial charge in [-0.3, -0.25) is 0 Å². The van der Waals surface area contributed by atoms with Gasteiger partial charge in [-0.15, -0.1) is 0 Å². The van der Waals surface area contributed by atoms with Gasteiger partial charge in [0, 0.05) is 6.54 Å². The fraction of sp³-hybridized carbons (Fsp3) is 1.00. The van der Waals surface area contributed by atoms with Crippen LogP contribution in [0.15, 0.2) is 0 Å². The van der Waals surface area contributed by atoms with Gasteiger partial charge in [-0.25, -0.2) is 0 Å². The van der Waals surface area contributed by atoms with E-state index >= 15 is 0 Å². The molecule has 16 heavy (non-hydrogen) atoms. The molecule has 98 valence electrons. The maximum Gasteiger partial charge on any atom is 0.000252 e. The summed E-state index contributed by atoms with van der Waals surface area (Å²) in [5, 5.41) is 3.61. The van der Waals surface area contributed by atoms with E-state index in [1.165, 1.54) is 64.5 Å². The maximum atomic E-state index is 3.61. The van der Waals surface area contributed by atoms with Gasteiger partial charge >= 0.3 is 0 Å². The van der Waals surface area contributed by atoms with Crippen molar-refractivity contribution in [2.75, 3.05) is 13.1 Å². The van der Waals surface area contributed by atoms with Gasteiger partial charge < -0.3 is 5.32 Å². The first-order chi connectivity index (χ1) is 7.62. The first-order valence-electron chi connectivity index (χ1n) is 7.33. The monoisotopic (exact) mass is 227 g/mol. The fourth-order valence-corrected chi connectivity index (χ4v) is 2.05. The molecule has 0 amide bonds. The molecule has 0 saturated carbocycles. The molecule has 0 radical (unpaired) electrons. The summed E-state index contributed by atoms with van der Waals surface area (Å²) in [7, 11) is 0. The summed E-state index contributed by atoms with van der Waals surface area (Å²) in [5.74, 6) is 0. The quantitative estimate of drug-likeness (QED) is 0.502. The van der Waals surface area contributed by atoms with Crippen LogP contribution in [0.4, 0.5) is 0 Å². The van der Waals surface area contributed by atoms with Crippen molar-refractivity contribution in [2.45, 2.75) is 79.1 Å². The second-order valence-corrected chi connectivity index (χ2v) is 5.86. The third-order valence-corrected chi connectivity index (χ3v) is 3.27. The zero-order valence-corrected chi connectivity index (χ0v) is 12.1. The molecule has 0 fully saturated rings. The molecule has 1 heteroatoms. The standard InChI is InChI=1S/C15H33N/c1-5-7-9-11-13-16-14-15(3,4)12-10-8-6-2/h16H,5-14H2,1-4H3. The molecule has 0 spiro atoms. The summed E-state index contributed by atoms with van der Waals surface area (Å²) in [5.41, 5.74) is 0.486.